The van der Waals surface area contributed by atoms with Crippen LogP contribution in [-0.4, -0.2) is 14.5 Å². The van der Waals surface area contributed by atoms with Crippen molar-refractivity contribution in [3.05, 3.63) is 40.8 Å². The lowest BCUT2D eigenvalue weighted by Gasteiger charge is -2.16. The molecular weight excluding hydrogens is 246 g/mol. The summed E-state index contributed by atoms with van der Waals surface area (Å²) in [4.78, 5) is 7.90. The number of H-pyrrole nitrogens is 1. The molecule has 4 rings (SSSR count). The van der Waals surface area contributed by atoms with Crippen LogP contribution in [0, 0.1) is 6.92 Å². The number of nitrogens with zero attached hydrogens (tertiary/aromatic N) is 2. The number of hydrogen-bond donors (Lipinski definition) is 1. The second kappa shape index (κ2) is 3.39. The molecule has 0 bridgehead atoms. The quantitative estimate of drug-likeness (QED) is 0.657. The van der Waals surface area contributed by atoms with Gasteiger partial charge in [0.1, 0.15) is 5.82 Å². The highest BCUT2D eigenvalue weighted by Gasteiger charge is 2.22. The molecule has 3 nitrogen and oxygen atoms in total. The van der Waals surface area contributed by atoms with Gasteiger partial charge in [-0.15, -0.1) is 0 Å². The van der Waals surface area contributed by atoms with Gasteiger partial charge >= 0.3 is 0 Å². The normalized spacial score (nSPS) is 13.7. The van der Waals surface area contributed by atoms with Gasteiger partial charge in [0.2, 0.25) is 0 Å². The molecule has 0 atom stereocenters. The Bertz CT molecular complexity index is 767. The van der Waals surface area contributed by atoms with Crippen LogP contribution < -0.4 is 0 Å². The Morgan fingerprint density at radius 2 is 2.28 bits per heavy atom. The van der Waals surface area contributed by atoms with Crippen molar-refractivity contribution in [2.75, 3.05) is 0 Å². The van der Waals surface area contributed by atoms with Gasteiger partial charge in [-0.1, -0.05) is 11.6 Å². The molecule has 1 aliphatic heterocycles. The summed E-state index contributed by atoms with van der Waals surface area (Å²) in [6.45, 7) is 3.04. The van der Waals surface area contributed by atoms with Crippen LogP contribution in [0.5, 0.6) is 0 Å². The largest absolute Gasteiger partial charge is 0.353 e. The number of aryl methyl sites for hydroxylation is 2. The minimum absolute atomic E-state index is 0.791. The van der Waals surface area contributed by atoms with E-state index in [1.807, 2.05) is 31.3 Å². The van der Waals surface area contributed by atoms with E-state index >= 15 is 0 Å². The summed E-state index contributed by atoms with van der Waals surface area (Å²) in [6, 6.07) is 6.02. The number of rotatable bonds is 0. The Hall–Kier alpha value is -1.74. The monoisotopic (exact) mass is 257 g/mol. The Morgan fingerprint density at radius 1 is 1.39 bits per heavy atom. The summed E-state index contributed by atoms with van der Waals surface area (Å²) >= 11 is 6.09. The first-order valence-electron chi connectivity index (χ1n) is 6.06. The second-order valence-electron chi connectivity index (χ2n) is 4.76. The summed E-state index contributed by atoms with van der Waals surface area (Å²) in [6.07, 6.45) is 2.98. The van der Waals surface area contributed by atoms with Crippen LogP contribution in [-0.2, 0) is 13.0 Å². The number of halogens is 1. The molecule has 1 aliphatic rings. The molecule has 3 heterocycles. The summed E-state index contributed by atoms with van der Waals surface area (Å²) < 4.78 is 2.26. The van der Waals surface area contributed by atoms with E-state index in [1.165, 1.54) is 22.3 Å². The number of nitrogens with one attached hydrogen (secondary N) is 1. The van der Waals surface area contributed by atoms with Crippen molar-refractivity contribution in [1.82, 2.24) is 14.5 Å². The third-order valence-corrected chi connectivity index (χ3v) is 4.00. The van der Waals surface area contributed by atoms with Gasteiger partial charge in [0.05, 0.1) is 17.6 Å². The minimum Gasteiger partial charge on any atom is -0.353 e. The van der Waals surface area contributed by atoms with E-state index in [0.29, 0.717) is 0 Å². The maximum absolute atomic E-state index is 6.09. The zero-order valence-corrected chi connectivity index (χ0v) is 10.8. The Kier molecular flexibility index (Phi) is 1.92. The molecule has 1 aromatic carbocycles. The molecule has 0 unspecified atom stereocenters. The highest BCUT2D eigenvalue weighted by Crippen LogP contribution is 2.35. The maximum atomic E-state index is 6.09. The van der Waals surface area contributed by atoms with E-state index in [2.05, 4.69) is 14.5 Å². The molecule has 0 spiro atoms. The number of aromatic nitrogens is 3. The number of imidazole rings is 1. The average molecular weight is 258 g/mol. The van der Waals surface area contributed by atoms with Crippen molar-refractivity contribution in [3.63, 3.8) is 0 Å². The lowest BCUT2D eigenvalue weighted by atomic mass is 10.0. The zero-order valence-electron chi connectivity index (χ0n) is 10.00. The van der Waals surface area contributed by atoms with Crippen molar-refractivity contribution in [2.45, 2.75) is 19.9 Å². The van der Waals surface area contributed by atoms with Crippen molar-refractivity contribution in [2.24, 2.45) is 0 Å². The lowest BCUT2D eigenvalue weighted by Crippen LogP contribution is -2.11. The maximum Gasteiger partial charge on any atom is 0.106 e. The average Bonchev–Trinajstić information content (AvgIpc) is 2.90. The van der Waals surface area contributed by atoms with Gasteiger partial charge in [0.15, 0.2) is 0 Å². The highest BCUT2D eigenvalue weighted by atomic mass is 35.5. The van der Waals surface area contributed by atoms with Crippen molar-refractivity contribution >= 4 is 22.5 Å². The first-order chi connectivity index (χ1) is 8.74. The van der Waals surface area contributed by atoms with Crippen molar-refractivity contribution < 1.29 is 0 Å². The highest BCUT2D eigenvalue weighted by molar-refractivity contribution is 6.31. The van der Waals surface area contributed by atoms with Gasteiger partial charge in [-0.05, 0) is 37.1 Å². The number of hydrogen-bond acceptors (Lipinski definition) is 1. The molecule has 0 radical (unpaired) electrons. The molecule has 0 amide bonds. The Morgan fingerprint density at radius 3 is 3.17 bits per heavy atom. The first-order valence-corrected chi connectivity index (χ1v) is 6.44. The van der Waals surface area contributed by atoms with Crippen molar-refractivity contribution in [1.29, 1.82) is 0 Å². The van der Waals surface area contributed by atoms with E-state index in [0.717, 1.165) is 29.3 Å². The van der Waals surface area contributed by atoms with E-state index in [4.69, 9.17) is 11.6 Å². The fourth-order valence-electron chi connectivity index (χ4n) is 2.87. The third-order valence-electron chi connectivity index (χ3n) is 3.76. The van der Waals surface area contributed by atoms with E-state index < -0.39 is 0 Å². The van der Waals surface area contributed by atoms with Gasteiger partial charge in [-0.3, -0.25) is 0 Å². The van der Waals surface area contributed by atoms with Crippen LogP contribution in [0.3, 0.4) is 0 Å². The predicted octanol–water partition coefficient (Wildman–Crippen LogP) is 3.55. The standard InChI is InChI=1S/C14H12ClN3/c1-8-16-7-13-14-10(4-5-18(8)13)11-6-9(15)2-3-12(11)17-14/h2-3,6-7,17H,4-5H2,1H3. The summed E-state index contributed by atoms with van der Waals surface area (Å²) in [5.74, 6) is 1.08. The van der Waals surface area contributed by atoms with Gasteiger partial charge in [0.25, 0.3) is 0 Å². The van der Waals surface area contributed by atoms with Gasteiger partial charge in [0, 0.05) is 22.5 Å². The number of fused-ring (bicyclic) bond motifs is 5. The zero-order chi connectivity index (χ0) is 12.3. The Labute approximate surface area is 109 Å². The van der Waals surface area contributed by atoms with Crippen LogP contribution >= 0.6 is 11.6 Å². The molecule has 0 saturated heterocycles. The molecule has 0 aliphatic carbocycles. The molecule has 18 heavy (non-hydrogen) atoms. The van der Waals surface area contributed by atoms with Crippen LogP contribution in [0.2, 0.25) is 5.02 Å². The number of aromatic amines is 1. The molecule has 1 N–H and O–H groups in total. The van der Waals surface area contributed by atoms with Gasteiger partial charge in [-0.2, -0.15) is 0 Å². The summed E-state index contributed by atoms with van der Waals surface area (Å²) in [5.41, 5.74) is 4.89. The summed E-state index contributed by atoms with van der Waals surface area (Å²) in [5, 5.41) is 2.03. The number of benzene rings is 1. The van der Waals surface area contributed by atoms with E-state index in [9.17, 15) is 0 Å². The molecule has 0 fully saturated rings. The lowest BCUT2D eigenvalue weighted by molar-refractivity contribution is 0.664. The van der Waals surface area contributed by atoms with Gasteiger partial charge in [-0.25, -0.2) is 4.98 Å². The third kappa shape index (κ3) is 1.22. The SMILES string of the molecule is Cc1ncc2n1CCc1c-2[nH]c2ccc(Cl)cc12. The van der Waals surface area contributed by atoms with Gasteiger partial charge < -0.3 is 9.55 Å². The van der Waals surface area contributed by atoms with Crippen LogP contribution in [0.25, 0.3) is 22.3 Å². The van der Waals surface area contributed by atoms with Crippen molar-refractivity contribution in [3.8, 4) is 11.4 Å². The van der Waals surface area contributed by atoms with Crippen LogP contribution in [0.1, 0.15) is 11.4 Å². The van der Waals surface area contributed by atoms with Crippen LogP contribution in [0.4, 0.5) is 0 Å². The first kappa shape index (κ1) is 10.2. The second-order valence-corrected chi connectivity index (χ2v) is 5.20. The molecule has 3 aromatic rings. The van der Waals surface area contributed by atoms with E-state index in [-0.39, 0.29) is 0 Å². The predicted molar refractivity (Wildman–Crippen MR) is 73.0 cm³/mol. The minimum atomic E-state index is 0.791. The molecule has 0 saturated carbocycles. The molecule has 90 valence electrons. The smallest absolute Gasteiger partial charge is 0.106 e. The molecule has 4 heteroatoms. The van der Waals surface area contributed by atoms with E-state index in [1.54, 1.807) is 0 Å². The molecular formula is C14H12ClN3. The molecule has 2 aromatic heterocycles. The topological polar surface area (TPSA) is 33.6 Å². The van der Waals surface area contributed by atoms with Crippen LogP contribution in [0.15, 0.2) is 24.4 Å². The summed E-state index contributed by atoms with van der Waals surface area (Å²) in [7, 11) is 0. The Balaban J connectivity index is 2.08. The fraction of sp³-hybridized carbons (Fsp3) is 0.214. The fourth-order valence-corrected chi connectivity index (χ4v) is 3.04.